The molecule has 2 N–H and O–H groups in total. The molecule has 1 aliphatic heterocycles. The van der Waals surface area contributed by atoms with Gasteiger partial charge in [0.05, 0.1) is 11.4 Å². The van der Waals surface area contributed by atoms with Crippen LogP contribution in [0.5, 0.6) is 0 Å². The van der Waals surface area contributed by atoms with Gasteiger partial charge in [-0.25, -0.2) is 9.78 Å². The molecule has 0 unspecified atom stereocenters. The number of nitrogens with zero attached hydrogens (tertiary/aromatic N) is 5. The van der Waals surface area contributed by atoms with Crippen LogP contribution < -0.4 is 15.5 Å². The van der Waals surface area contributed by atoms with Gasteiger partial charge in [0.25, 0.3) is 0 Å². The summed E-state index contributed by atoms with van der Waals surface area (Å²) in [6, 6.07) is 9.03. The molecule has 148 valence electrons. The van der Waals surface area contributed by atoms with Crippen LogP contribution in [0.15, 0.2) is 48.9 Å². The largest absolute Gasteiger partial charge is 0.382 e. The number of nitrogens with one attached hydrogen (secondary N) is 2. The zero-order chi connectivity index (χ0) is 20.2. The molecule has 4 heterocycles. The van der Waals surface area contributed by atoms with E-state index in [1.165, 1.54) is 0 Å². The van der Waals surface area contributed by atoms with Crippen molar-refractivity contribution in [1.29, 1.82) is 0 Å². The Morgan fingerprint density at radius 2 is 2.14 bits per heavy atom. The maximum absolute atomic E-state index is 13.2. The Morgan fingerprint density at radius 3 is 2.93 bits per heavy atom. The van der Waals surface area contributed by atoms with E-state index >= 15 is 0 Å². The molecule has 1 aliphatic rings. The summed E-state index contributed by atoms with van der Waals surface area (Å²) in [6.07, 6.45) is 6.94. The zero-order valence-electron chi connectivity index (χ0n) is 16.5. The van der Waals surface area contributed by atoms with E-state index in [2.05, 4.69) is 25.8 Å². The van der Waals surface area contributed by atoms with Crippen molar-refractivity contribution in [3.8, 4) is 11.3 Å². The summed E-state index contributed by atoms with van der Waals surface area (Å²) in [4.78, 5) is 24.0. The van der Waals surface area contributed by atoms with E-state index in [0.717, 1.165) is 41.9 Å². The van der Waals surface area contributed by atoms with E-state index in [1.54, 1.807) is 35.6 Å². The molecular formula is C21H23N7O. The Hall–Kier alpha value is -3.55. The summed E-state index contributed by atoms with van der Waals surface area (Å²) in [5.74, 6) is 1.000. The summed E-state index contributed by atoms with van der Waals surface area (Å²) >= 11 is 0. The predicted molar refractivity (Wildman–Crippen MR) is 113 cm³/mol. The lowest BCUT2D eigenvalue weighted by atomic mass is 10.1. The van der Waals surface area contributed by atoms with Gasteiger partial charge >= 0.3 is 6.03 Å². The lowest BCUT2D eigenvalue weighted by Gasteiger charge is -2.32. The van der Waals surface area contributed by atoms with Crippen LogP contribution in [0.2, 0.25) is 0 Å². The Balaban J connectivity index is 1.76. The van der Waals surface area contributed by atoms with Gasteiger partial charge in [0, 0.05) is 36.7 Å². The van der Waals surface area contributed by atoms with Crippen molar-refractivity contribution in [2.24, 2.45) is 0 Å². The number of rotatable bonds is 2. The molecule has 4 rings (SSSR count). The van der Waals surface area contributed by atoms with Crippen LogP contribution in [-0.4, -0.2) is 38.8 Å². The highest BCUT2D eigenvalue weighted by atomic mass is 16.2. The molecule has 0 spiro atoms. The van der Waals surface area contributed by atoms with Crippen molar-refractivity contribution in [1.82, 2.24) is 20.2 Å². The maximum Gasteiger partial charge on any atom is 0.329 e. The molecule has 0 bridgehead atoms. The average molecular weight is 389 g/mol. The van der Waals surface area contributed by atoms with Crippen molar-refractivity contribution in [3.63, 3.8) is 0 Å². The van der Waals surface area contributed by atoms with E-state index in [1.807, 2.05) is 32.0 Å². The second-order valence-electron chi connectivity index (χ2n) is 7.09. The van der Waals surface area contributed by atoms with E-state index in [9.17, 15) is 4.79 Å². The summed E-state index contributed by atoms with van der Waals surface area (Å²) < 4.78 is 0. The number of aromatic nitrogens is 4. The third kappa shape index (κ3) is 4.01. The topological polar surface area (TPSA) is 95.9 Å². The van der Waals surface area contributed by atoms with Crippen molar-refractivity contribution < 1.29 is 4.79 Å². The number of anilines is 3. The minimum absolute atomic E-state index is 0.0229. The Kier molecular flexibility index (Phi) is 5.33. The lowest BCUT2D eigenvalue weighted by molar-refractivity contribution is 0.254. The summed E-state index contributed by atoms with van der Waals surface area (Å²) in [5.41, 5.74) is 3.63. The fourth-order valence-electron chi connectivity index (χ4n) is 3.44. The number of carbonyl (C=O) groups excluding carboxylic acids is 1. The second-order valence-corrected chi connectivity index (χ2v) is 7.09. The van der Waals surface area contributed by atoms with Crippen molar-refractivity contribution >= 4 is 23.4 Å². The molecule has 0 aliphatic carbocycles. The van der Waals surface area contributed by atoms with E-state index in [4.69, 9.17) is 4.98 Å². The molecule has 1 atom stereocenters. The molecule has 0 radical (unpaired) electrons. The Bertz CT molecular complexity index is 1010. The normalized spacial score (nSPS) is 16.2. The number of pyridine rings is 2. The quantitative estimate of drug-likeness (QED) is 0.691. The van der Waals surface area contributed by atoms with Crippen molar-refractivity contribution in [3.05, 3.63) is 54.5 Å². The number of carbonyl (C=O) groups is 1. The number of urea groups is 1. The van der Waals surface area contributed by atoms with Crippen LogP contribution in [0.4, 0.5) is 22.1 Å². The molecule has 8 nitrogen and oxygen atoms in total. The van der Waals surface area contributed by atoms with Crippen LogP contribution >= 0.6 is 0 Å². The highest BCUT2D eigenvalue weighted by molar-refractivity contribution is 6.03. The van der Waals surface area contributed by atoms with Crippen molar-refractivity contribution in [2.45, 2.75) is 32.7 Å². The average Bonchev–Trinajstić information content (AvgIpc) is 2.72. The van der Waals surface area contributed by atoms with E-state index < -0.39 is 0 Å². The minimum Gasteiger partial charge on any atom is -0.382 e. The van der Waals surface area contributed by atoms with Crippen LogP contribution in [0.1, 0.15) is 25.3 Å². The molecule has 0 saturated carbocycles. The minimum atomic E-state index is -0.282. The molecular weight excluding hydrogens is 366 g/mol. The van der Waals surface area contributed by atoms with Gasteiger partial charge in [0.2, 0.25) is 0 Å². The first-order chi connectivity index (χ1) is 14.1. The number of hydrogen-bond acceptors (Lipinski definition) is 6. The van der Waals surface area contributed by atoms with Gasteiger partial charge in [-0.3, -0.25) is 15.2 Å². The monoisotopic (exact) mass is 389 g/mol. The van der Waals surface area contributed by atoms with E-state index in [0.29, 0.717) is 11.6 Å². The predicted octanol–water partition coefficient (Wildman–Crippen LogP) is 3.87. The summed E-state index contributed by atoms with van der Waals surface area (Å²) in [5, 5.41) is 14.0. The maximum atomic E-state index is 13.2. The third-order valence-corrected chi connectivity index (χ3v) is 5.00. The SMILES string of the molecule is Cc1ccncc1-c1ccc2c(n1)N(C(=O)Nc1cccnn1)[C@H](C)CCCN2. The van der Waals surface area contributed by atoms with Gasteiger partial charge in [-0.2, -0.15) is 5.10 Å². The molecule has 8 heteroatoms. The second kappa shape index (κ2) is 8.22. The standard InChI is InChI=1S/C21H23N7O/c1-14-9-12-22-13-16(14)17-7-8-18-20(25-17)28(15(2)5-3-10-23-18)21(29)26-19-6-4-11-24-27-19/h4,6-9,11-13,15,23H,3,5,10H2,1-2H3,(H,26,27,29)/t15-/m1/s1. The first kappa shape index (κ1) is 18.8. The first-order valence-electron chi connectivity index (χ1n) is 9.67. The molecule has 0 fully saturated rings. The molecule has 29 heavy (non-hydrogen) atoms. The van der Waals surface area contributed by atoms with Crippen LogP contribution in [-0.2, 0) is 0 Å². The highest BCUT2D eigenvalue weighted by Crippen LogP contribution is 2.32. The fraction of sp³-hybridized carbons (Fsp3) is 0.286. The number of amides is 2. The number of aryl methyl sites for hydroxylation is 1. The van der Waals surface area contributed by atoms with Gasteiger partial charge in [0.15, 0.2) is 11.6 Å². The molecule has 0 saturated heterocycles. The molecule has 3 aromatic heterocycles. The summed E-state index contributed by atoms with van der Waals surface area (Å²) in [6.45, 7) is 4.90. The highest BCUT2D eigenvalue weighted by Gasteiger charge is 2.28. The van der Waals surface area contributed by atoms with Gasteiger partial charge in [0.1, 0.15) is 0 Å². The summed E-state index contributed by atoms with van der Waals surface area (Å²) in [7, 11) is 0. The third-order valence-electron chi connectivity index (χ3n) is 5.00. The Morgan fingerprint density at radius 1 is 1.24 bits per heavy atom. The number of hydrogen-bond donors (Lipinski definition) is 2. The number of fused-ring (bicyclic) bond motifs is 1. The molecule has 0 aromatic carbocycles. The van der Waals surface area contributed by atoms with Crippen LogP contribution in [0.25, 0.3) is 11.3 Å². The van der Waals surface area contributed by atoms with Crippen LogP contribution in [0, 0.1) is 6.92 Å². The Labute approximate surface area is 169 Å². The first-order valence-corrected chi connectivity index (χ1v) is 9.67. The molecule has 3 aromatic rings. The van der Waals surface area contributed by atoms with Gasteiger partial charge < -0.3 is 5.32 Å². The van der Waals surface area contributed by atoms with Gasteiger partial charge in [-0.1, -0.05) is 0 Å². The lowest BCUT2D eigenvalue weighted by Crippen LogP contribution is -2.43. The van der Waals surface area contributed by atoms with E-state index in [-0.39, 0.29) is 12.1 Å². The van der Waals surface area contributed by atoms with Crippen molar-refractivity contribution in [2.75, 3.05) is 22.1 Å². The smallest absolute Gasteiger partial charge is 0.329 e. The molecule has 2 amide bonds. The fourth-order valence-corrected chi connectivity index (χ4v) is 3.44. The van der Waals surface area contributed by atoms with Crippen LogP contribution in [0.3, 0.4) is 0 Å². The zero-order valence-corrected chi connectivity index (χ0v) is 16.5. The van der Waals surface area contributed by atoms with Gasteiger partial charge in [-0.05, 0) is 62.6 Å². The van der Waals surface area contributed by atoms with Gasteiger partial charge in [-0.15, -0.1) is 5.10 Å².